The number of aliphatic hydroxyl groups excluding tert-OH is 1. The molecule has 0 aliphatic carbocycles. The molecule has 0 radical (unpaired) electrons. The standard InChI is InChI=1S/C9H17N3O/c1-3-10-9(4-5-13)8-6-11-12(2)7-8/h6-7,9-10,13H,3-5H2,1-2H3. The van der Waals surface area contributed by atoms with Crippen molar-refractivity contribution in [2.24, 2.45) is 7.05 Å². The molecule has 4 nitrogen and oxygen atoms in total. The molecule has 74 valence electrons. The van der Waals surface area contributed by atoms with E-state index < -0.39 is 0 Å². The largest absolute Gasteiger partial charge is 0.396 e. The predicted octanol–water partition coefficient (Wildman–Crippen LogP) is 0.453. The van der Waals surface area contributed by atoms with Crippen LogP contribution in [0.3, 0.4) is 0 Å². The molecule has 0 fully saturated rings. The van der Waals surface area contributed by atoms with Crippen LogP contribution in [-0.4, -0.2) is 28.0 Å². The van der Waals surface area contributed by atoms with Gasteiger partial charge in [0.25, 0.3) is 0 Å². The molecule has 0 bridgehead atoms. The molecule has 0 saturated carbocycles. The number of rotatable bonds is 5. The Hall–Kier alpha value is -0.870. The molecule has 0 spiro atoms. The maximum absolute atomic E-state index is 8.86. The van der Waals surface area contributed by atoms with Crippen LogP contribution in [0.2, 0.25) is 0 Å². The van der Waals surface area contributed by atoms with Crippen molar-refractivity contribution in [3.05, 3.63) is 18.0 Å². The van der Waals surface area contributed by atoms with Crippen LogP contribution >= 0.6 is 0 Å². The summed E-state index contributed by atoms with van der Waals surface area (Å²) < 4.78 is 1.77. The molecule has 1 heterocycles. The predicted molar refractivity (Wildman–Crippen MR) is 51.3 cm³/mol. The first kappa shape index (κ1) is 10.2. The highest BCUT2D eigenvalue weighted by Gasteiger charge is 2.10. The Morgan fingerprint density at radius 1 is 1.69 bits per heavy atom. The summed E-state index contributed by atoms with van der Waals surface area (Å²) in [5.41, 5.74) is 1.14. The number of aromatic nitrogens is 2. The van der Waals surface area contributed by atoms with Crippen LogP contribution in [-0.2, 0) is 7.05 Å². The highest BCUT2D eigenvalue weighted by atomic mass is 16.3. The quantitative estimate of drug-likeness (QED) is 0.697. The SMILES string of the molecule is CCNC(CCO)c1cnn(C)c1. The first-order valence-corrected chi connectivity index (χ1v) is 4.60. The second-order valence-electron chi connectivity index (χ2n) is 3.07. The molecule has 2 N–H and O–H groups in total. The third kappa shape index (κ3) is 2.82. The Morgan fingerprint density at radius 2 is 2.46 bits per heavy atom. The van der Waals surface area contributed by atoms with Gasteiger partial charge in [0.2, 0.25) is 0 Å². The summed E-state index contributed by atoms with van der Waals surface area (Å²) in [5.74, 6) is 0. The highest BCUT2D eigenvalue weighted by Crippen LogP contribution is 2.14. The lowest BCUT2D eigenvalue weighted by molar-refractivity contribution is 0.266. The van der Waals surface area contributed by atoms with Gasteiger partial charge in [-0.3, -0.25) is 4.68 Å². The smallest absolute Gasteiger partial charge is 0.0537 e. The number of aryl methyl sites for hydroxylation is 1. The van der Waals surface area contributed by atoms with E-state index in [1.165, 1.54) is 0 Å². The first-order valence-electron chi connectivity index (χ1n) is 4.60. The van der Waals surface area contributed by atoms with Gasteiger partial charge in [0.05, 0.1) is 6.20 Å². The lowest BCUT2D eigenvalue weighted by atomic mass is 10.1. The lowest BCUT2D eigenvalue weighted by Crippen LogP contribution is -2.21. The Labute approximate surface area is 78.6 Å². The number of nitrogens with one attached hydrogen (secondary N) is 1. The van der Waals surface area contributed by atoms with Crippen LogP contribution in [0.5, 0.6) is 0 Å². The van der Waals surface area contributed by atoms with Gasteiger partial charge < -0.3 is 10.4 Å². The van der Waals surface area contributed by atoms with Crippen molar-refractivity contribution in [3.63, 3.8) is 0 Å². The van der Waals surface area contributed by atoms with E-state index in [1.807, 2.05) is 19.4 Å². The highest BCUT2D eigenvalue weighted by molar-refractivity contribution is 5.09. The van der Waals surface area contributed by atoms with Crippen molar-refractivity contribution >= 4 is 0 Å². The van der Waals surface area contributed by atoms with Gasteiger partial charge in [-0.25, -0.2) is 0 Å². The fourth-order valence-electron chi connectivity index (χ4n) is 1.38. The number of aliphatic hydroxyl groups is 1. The van der Waals surface area contributed by atoms with Crippen molar-refractivity contribution < 1.29 is 5.11 Å². The van der Waals surface area contributed by atoms with Crippen LogP contribution in [0.25, 0.3) is 0 Å². The van der Waals surface area contributed by atoms with E-state index in [0.29, 0.717) is 0 Å². The molecule has 0 aliphatic rings. The van der Waals surface area contributed by atoms with E-state index in [9.17, 15) is 0 Å². The van der Waals surface area contributed by atoms with Gasteiger partial charge in [-0.1, -0.05) is 6.92 Å². The van der Waals surface area contributed by atoms with Crippen molar-refractivity contribution in [2.45, 2.75) is 19.4 Å². The van der Waals surface area contributed by atoms with E-state index in [4.69, 9.17) is 5.11 Å². The third-order valence-electron chi connectivity index (χ3n) is 2.00. The zero-order valence-electron chi connectivity index (χ0n) is 8.20. The van der Waals surface area contributed by atoms with Gasteiger partial charge in [-0.15, -0.1) is 0 Å². The maximum Gasteiger partial charge on any atom is 0.0537 e. The summed E-state index contributed by atoms with van der Waals surface area (Å²) in [4.78, 5) is 0. The van der Waals surface area contributed by atoms with E-state index in [0.717, 1.165) is 18.5 Å². The fraction of sp³-hybridized carbons (Fsp3) is 0.667. The zero-order chi connectivity index (χ0) is 9.68. The van der Waals surface area contributed by atoms with Crippen molar-refractivity contribution in [3.8, 4) is 0 Å². The number of nitrogens with zero attached hydrogens (tertiary/aromatic N) is 2. The Kier molecular flexibility index (Phi) is 3.92. The van der Waals surface area contributed by atoms with Crippen molar-refractivity contribution in [1.29, 1.82) is 0 Å². The van der Waals surface area contributed by atoms with Gasteiger partial charge in [0, 0.05) is 31.5 Å². The minimum Gasteiger partial charge on any atom is -0.396 e. The molecule has 1 rings (SSSR count). The molecule has 13 heavy (non-hydrogen) atoms. The number of hydrogen-bond acceptors (Lipinski definition) is 3. The van der Waals surface area contributed by atoms with Crippen molar-refractivity contribution in [1.82, 2.24) is 15.1 Å². The fourth-order valence-corrected chi connectivity index (χ4v) is 1.38. The molecule has 1 aromatic rings. The Bertz CT molecular complexity index is 241. The number of hydrogen-bond donors (Lipinski definition) is 2. The van der Waals surface area contributed by atoms with Gasteiger partial charge >= 0.3 is 0 Å². The Morgan fingerprint density at radius 3 is 2.92 bits per heavy atom. The minimum atomic E-state index is 0.201. The second kappa shape index (κ2) is 4.99. The van der Waals surface area contributed by atoms with Crippen LogP contribution in [0, 0.1) is 0 Å². The van der Waals surface area contributed by atoms with Gasteiger partial charge in [-0.05, 0) is 13.0 Å². The molecule has 1 unspecified atom stereocenters. The molecule has 4 heteroatoms. The summed E-state index contributed by atoms with van der Waals surface area (Å²) in [5, 5.41) is 16.3. The van der Waals surface area contributed by atoms with E-state index in [1.54, 1.807) is 4.68 Å². The average Bonchev–Trinajstić information content (AvgIpc) is 2.51. The van der Waals surface area contributed by atoms with E-state index >= 15 is 0 Å². The summed E-state index contributed by atoms with van der Waals surface area (Å²) in [6, 6.07) is 0.226. The molecular formula is C9H17N3O. The van der Waals surface area contributed by atoms with E-state index in [-0.39, 0.29) is 12.6 Å². The van der Waals surface area contributed by atoms with Crippen LogP contribution in [0.1, 0.15) is 24.9 Å². The molecule has 0 saturated heterocycles. The lowest BCUT2D eigenvalue weighted by Gasteiger charge is -2.14. The van der Waals surface area contributed by atoms with Gasteiger partial charge in [0.15, 0.2) is 0 Å². The first-order chi connectivity index (χ1) is 6.27. The summed E-state index contributed by atoms with van der Waals surface area (Å²) in [6.07, 6.45) is 4.55. The Balaban J connectivity index is 2.63. The average molecular weight is 183 g/mol. The zero-order valence-corrected chi connectivity index (χ0v) is 8.20. The van der Waals surface area contributed by atoms with Crippen LogP contribution in [0.15, 0.2) is 12.4 Å². The monoisotopic (exact) mass is 183 g/mol. The molecule has 0 aromatic carbocycles. The third-order valence-corrected chi connectivity index (χ3v) is 2.00. The molecular weight excluding hydrogens is 166 g/mol. The normalized spacial score (nSPS) is 13.2. The topological polar surface area (TPSA) is 50.1 Å². The minimum absolute atomic E-state index is 0.201. The van der Waals surface area contributed by atoms with Crippen LogP contribution in [0.4, 0.5) is 0 Å². The summed E-state index contributed by atoms with van der Waals surface area (Å²) in [6.45, 7) is 3.16. The summed E-state index contributed by atoms with van der Waals surface area (Å²) >= 11 is 0. The molecule has 0 amide bonds. The van der Waals surface area contributed by atoms with Gasteiger partial charge in [-0.2, -0.15) is 5.10 Å². The summed E-state index contributed by atoms with van der Waals surface area (Å²) in [7, 11) is 1.89. The maximum atomic E-state index is 8.86. The molecule has 1 aromatic heterocycles. The molecule has 0 aliphatic heterocycles. The molecule has 1 atom stereocenters. The second-order valence-corrected chi connectivity index (χ2v) is 3.07. The van der Waals surface area contributed by atoms with Gasteiger partial charge in [0.1, 0.15) is 0 Å². The van der Waals surface area contributed by atoms with E-state index in [2.05, 4.69) is 17.3 Å². The van der Waals surface area contributed by atoms with Crippen LogP contribution < -0.4 is 5.32 Å². The van der Waals surface area contributed by atoms with Crippen molar-refractivity contribution in [2.75, 3.05) is 13.2 Å².